The van der Waals surface area contributed by atoms with Crippen LogP contribution >= 0.6 is 23.2 Å². The molecule has 1 N–H and O–H groups in total. The average Bonchev–Trinajstić information content (AvgIpc) is 3.22. The van der Waals surface area contributed by atoms with Crippen LogP contribution in [0.5, 0.6) is 5.75 Å². The third kappa shape index (κ3) is 5.57. The molecular weight excluding hydrogens is 475 g/mol. The van der Waals surface area contributed by atoms with Gasteiger partial charge in [-0.05, 0) is 62.2 Å². The van der Waals surface area contributed by atoms with E-state index < -0.39 is 5.97 Å². The number of piperidine rings is 1. The molecule has 1 aromatic heterocycles. The molecule has 6 nitrogen and oxygen atoms in total. The van der Waals surface area contributed by atoms with Crippen LogP contribution in [0.25, 0.3) is 11.3 Å². The number of aromatic carboxylic acids is 1. The maximum atomic E-state index is 11.2. The fourth-order valence-electron chi connectivity index (χ4n) is 4.32. The Hall–Kier alpha value is -2.54. The number of rotatable bonds is 8. The van der Waals surface area contributed by atoms with E-state index in [1.54, 1.807) is 24.3 Å². The van der Waals surface area contributed by atoms with Crippen molar-refractivity contribution in [1.82, 2.24) is 10.1 Å². The van der Waals surface area contributed by atoms with Gasteiger partial charge in [0, 0.05) is 23.6 Å². The van der Waals surface area contributed by atoms with Crippen molar-refractivity contribution in [1.29, 1.82) is 0 Å². The number of carbonyl (C=O) groups is 1. The van der Waals surface area contributed by atoms with Crippen molar-refractivity contribution in [3.63, 3.8) is 0 Å². The Morgan fingerprint density at radius 1 is 1.18 bits per heavy atom. The highest BCUT2D eigenvalue weighted by molar-refractivity contribution is 6.39. The van der Waals surface area contributed by atoms with Crippen molar-refractivity contribution >= 4 is 29.2 Å². The van der Waals surface area contributed by atoms with Gasteiger partial charge >= 0.3 is 5.97 Å². The normalized spacial score (nSPS) is 15.1. The first-order valence-corrected chi connectivity index (χ1v) is 12.2. The number of carboxylic acids is 1. The highest BCUT2D eigenvalue weighted by Crippen LogP contribution is 2.39. The van der Waals surface area contributed by atoms with Gasteiger partial charge in [-0.2, -0.15) is 0 Å². The molecule has 0 saturated carbocycles. The Balaban J connectivity index is 1.41. The number of likely N-dealkylation sites (tertiary alicyclic amines) is 1. The number of aromatic nitrogens is 1. The fourth-order valence-corrected chi connectivity index (χ4v) is 4.89. The number of carboxylic acid groups (broad SMARTS) is 1. The van der Waals surface area contributed by atoms with Gasteiger partial charge in [-0.25, -0.2) is 4.79 Å². The van der Waals surface area contributed by atoms with Crippen LogP contribution in [0.15, 0.2) is 47.0 Å². The second-order valence-electron chi connectivity index (χ2n) is 8.99. The maximum absolute atomic E-state index is 11.2. The molecule has 0 unspecified atom stereocenters. The predicted molar refractivity (Wildman–Crippen MR) is 133 cm³/mol. The van der Waals surface area contributed by atoms with Gasteiger partial charge in [0.25, 0.3) is 0 Å². The molecule has 8 heteroatoms. The molecule has 1 saturated heterocycles. The van der Waals surface area contributed by atoms with Gasteiger partial charge in [0.1, 0.15) is 17.2 Å². The second kappa shape index (κ2) is 10.8. The fraction of sp³-hybridized carbons (Fsp3) is 0.385. The minimum absolute atomic E-state index is 0.185. The van der Waals surface area contributed by atoms with E-state index in [9.17, 15) is 4.79 Å². The zero-order valence-electron chi connectivity index (χ0n) is 19.3. The largest absolute Gasteiger partial charge is 0.493 e. The van der Waals surface area contributed by atoms with Gasteiger partial charge in [-0.3, -0.25) is 4.90 Å². The summed E-state index contributed by atoms with van der Waals surface area (Å²) >= 11 is 12.9. The van der Waals surface area contributed by atoms with E-state index in [4.69, 9.17) is 37.6 Å². The molecule has 0 bridgehead atoms. The Labute approximate surface area is 209 Å². The molecular formula is C26H28Cl2N2O4. The third-order valence-corrected chi connectivity index (χ3v) is 6.83. The summed E-state index contributed by atoms with van der Waals surface area (Å²) in [6.07, 6.45) is 1.98. The molecule has 0 aliphatic carbocycles. The first-order valence-electron chi connectivity index (χ1n) is 11.4. The summed E-state index contributed by atoms with van der Waals surface area (Å²) in [4.78, 5) is 13.6. The van der Waals surface area contributed by atoms with Crippen molar-refractivity contribution in [2.75, 3.05) is 19.7 Å². The van der Waals surface area contributed by atoms with Crippen LogP contribution in [0.1, 0.15) is 54.3 Å². The standard InChI is InChI=1S/C26H28Cl2N2O4/c1-16(2)25-20(24(29-34-25)23-21(27)7-4-8-22(23)28)14-30-11-9-17(10-12-30)15-33-19-6-3-5-18(13-19)26(31)32/h3-8,13,16-17H,9-12,14-15H2,1-2H3,(H,31,32). The lowest BCUT2D eigenvalue weighted by Gasteiger charge is -2.32. The number of hydrogen-bond donors (Lipinski definition) is 1. The quantitative estimate of drug-likeness (QED) is 0.366. The first-order chi connectivity index (χ1) is 16.3. The van der Waals surface area contributed by atoms with E-state index in [0.717, 1.165) is 37.3 Å². The molecule has 0 amide bonds. The van der Waals surface area contributed by atoms with Gasteiger partial charge in [-0.15, -0.1) is 0 Å². The zero-order valence-corrected chi connectivity index (χ0v) is 20.8. The van der Waals surface area contributed by atoms with Crippen LogP contribution < -0.4 is 4.74 Å². The summed E-state index contributed by atoms with van der Waals surface area (Å²) < 4.78 is 11.6. The Morgan fingerprint density at radius 2 is 1.85 bits per heavy atom. The highest BCUT2D eigenvalue weighted by Gasteiger charge is 2.27. The van der Waals surface area contributed by atoms with E-state index in [2.05, 4.69) is 23.9 Å². The SMILES string of the molecule is CC(C)c1onc(-c2c(Cl)cccc2Cl)c1CN1CCC(COc2cccc(C(=O)O)c2)CC1. The van der Waals surface area contributed by atoms with Crippen molar-refractivity contribution < 1.29 is 19.2 Å². The number of hydrogen-bond acceptors (Lipinski definition) is 5. The maximum Gasteiger partial charge on any atom is 0.335 e. The molecule has 2 heterocycles. The van der Waals surface area contributed by atoms with E-state index in [-0.39, 0.29) is 11.5 Å². The first kappa shape index (κ1) is 24.6. The number of ether oxygens (including phenoxy) is 1. The molecule has 180 valence electrons. The summed E-state index contributed by atoms with van der Waals surface area (Å²) in [5.74, 6) is 1.09. The van der Waals surface area contributed by atoms with Gasteiger partial charge in [0.15, 0.2) is 0 Å². The number of benzene rings is 2. The lowest BCUT2D eigenvalue weighted by molar-refractivity contribution is 0.0696. The number of nitrogens with zero attached hydrogens (tertiary/aromatic N) is 2. The van der Waals surface area contributed by atoms with Gasteiger partial charge in [0.2, 0.25) is 0 Å². The molecule has 1 fully saturated rings. The van der Waals surface area contributed by atoms with Crippen LogP contribution in [0.2, 0.25) is 10.0 Å². The third-order valence-electron chi connectivity index (χ3n) is 6.20. The lowest BCUT2D eigenvalue weighted by Crippen LogP contribution is -2.35. The molecule has 0 spiro atoms. The van der Waals surface area contributed by atoms with Crippen molar-refractivity contribution in [3.8, 4) is 17.0 Å². The summed E-state index contributed by atoms with van der Waals surface area (Å²) in [6, 6.07) is 12.1. The van der Waals surface area contributed by atoms with E-state index in [1.165, 1.54) is 0 Å². The Morgan fingerprint density at radius 3 is 2.50 bits per heavy atom. The molecule has 1 aliphatic heterocycles. The average molecular weight is 503 g/mol. The summed E-state index contributed by atoms with van der Waals surface area (Å²) in [6.45, 7) is 7.29. The van der Waals surface area contributed by atoms with Crippen LogP contribution in [-0.2, 0) is 6.54 Å². The van der Waals surface area contributed by atoms with E-state index >= 15 is 0 Å². The predicted octanol–water partition coefficient (Wildman–Crippen LogP) is 6.76. The van der Waals surface area contributed by atoms with Crippen LogP contribution in [-0.4, -0.2) is 40.8 Å². The van der Waals surface area contributed by atoms with Gasteiger partial charge < -0.3 is 14.4 Å². The van der Waals surface area contributed by atoms with Gasteiger partial charge in [-0.1, -0.05) is 54.3 Å². The summed E-state index contributed by atoms with van der Waals surface area (Å²) in [5, 5.41) is 14.6. The molecule has 4 rings (SSSR count). The van der Waals surface area contributed by atoms with Crippen molar-refractivity contribution in [2.45, 2.75) is 39.2 Å². The lowest BCUT2D eigenvalue weighted by atomic mass is 9.95. The highest BCUT2D eigenvalue weighted by atomic mass is 35.5. The minimum atomic E-state index is -0.953. The Kier molecular flexibility index (Phi) is 7.81. The molecule has 0 atom stereocenters. The zero-order chi connectivity index (χ0) is 24.2. The topological polar surface area (TPSA) is 75.8 Å². The van der Waals surface area contributed by atoms with E-state index in [0.29, 0.717) is 46.1 Å². The monoisotopic (exact) mass is 502 g/mol. The second-order valence-corrected chi connectivity index (χ2v) is 9.80. The van der Waals surface area contributed by atoms with Crippen molar-refractivity contribution in [3.05, 3.63) is 69.4 Å². The Bertz CT molecular complexity index is 1130. The van der Waals surface area contributed by atoms with Crippen LogP contribution in [0.3, 0.4) is 0 Å². The van der Waals surface area contributed by atoms with Crippen molar-refractivity contribution in [2.24, 2.45) is 5.92 Å². The summed E-state index contributed by atoms with van der Waals surface area (Å²) in [5.41, 5.74) is 2.69. The molecule has 0 radical (unpaired) electrons. The van der Waals surface area contributed by atoms with Gasteiger partial charge in [0.05, 0.1) is 22.2 Å². The smallest absolute Gasteiger partial charge is 0.335 e. The molecule has 34 heavy (non-hydrogen) atoms. The molecule has 1 aliphatic rings. The van der Waals surface area contributed by atoms with Crippen LogP contribution in [0.4, 0.5) is 0 Å². The molecule has 3 aromatic rings. The molecule has 2 aromatic carbocycles. The minimum Gasteiger partial charge on any atom is -0.493 e. The van der Waals surface area contributed by atoms with Crippen LogP contribution in [0, 0.1) is 5.92 Å². The summed E-state index contributed by atoms with van der Waals surface area (Å²) in [7, 11) is 0. The number of halogens is 2. The van der Waals surface area contributed by atoms with E-state index in [1.807, 2.05) is 18.2 Å².